The van der Waals surface area contributed by atoms with Gasteiger partial charge in [0.2, 0.25) is 0 Å². The van der Waals surface area contributed by atoms with Crippen molar-refractivity contribution in [1.82, 2.24) is 15.1 Å². The van der Waals surface area contributed by atoms with Crippen molar-refractivity contribution in [2.24, 2.45) is 4.99 Å². The summed E-state index contributed by atoms with van der Waals surface area (Å²) in [6, 6.07) is 9.51. The fraction of sp³-hybridized carbons (Fsp3) is 0.421. The van der Waals surface area contributed by atoms with Gasteiger partial charge in [0.25, 0.3) is 5.91 Å². The topological polar surface area (TPSA) is 92.0 Å². The summed E-state index contributed by atoms with van der Waals surface area (Å²) < 4.78 is 0. The molecule has 7 heteroatoms. The SMILES string of the molecule is CN/C(=C1/N=CN(CC2(O)CCN(C)CC2)C(=O)C1=N)c1ccccc1. The number of carbonyl (C=O) groups excluding carboxylic acids is 1. The van der Waals surface area contributed by atoms with Crippen LogP contribution in [0.2, 0.25) is 0 Å². The van der Waals surface area contributed by atoms with Gasteiger partial charge in [-0.1, -0.05) is 30.3 Å². The fourth-order valence-corrected chi connectivity index (χ4v) is 3.31. The molecule has 3 N–H and O–H groups in total. The number of hydrogen-bond acceptors (Lipinski definition) is 6. The van der Waals surface area contributed by atoms with Crippen molar-refractivity contribution in [3.63, 3.8) is 0 Å². The van der Waals surface area contributed by atoms with Gasteiger partial charge in [0.05, 0.1) is 24.2 Å². The highest BCUT2D eigenvalue weighted by Crippen LogP contribution is 2.25. The molecule has 1 fully saturated rings. The number of hydrogen-bond donors (Lipinski definition) is 3. The van der Waals surface area contributed by atoms with Crippen LogP contribution in [0.5, 0.6) is 0 Å². The average molecular weight is 355 g/mol. The number of piperidine rings is 1. The highest BCUT2D eigenvalue weighted by atomic mass is 16.3. The van der Waals surface area contributed by atoms with Gasteiger partial charge < -0.3 is 15.3 Å². The predicted octanol–water partition coefficient (Wildman–Crippen LogP) is 0.922. The Hall–Kier alpha value is -2.51. The van der Waals surface area contributed by atoms with E-state index in [1.54, 1.807) is 7.05 Å². The molecule has 2 heterocycles. The molecule has 0 radical (unpaired) electrons. The zero-order chi connectivity index (χ0) is 18.7. The Morgan fingerprint density at radius 2 is 1.96 bits per heavy atom. The molecule has 0 bridgehead atoms. The third-order valence-corrected chi connectivity index (χ3v) is 4.97. The number of likely N-dealkylation sites (tertiary alicyclic amines) is 1. The molecule has 0 spiro atoms. The van der Waals surface area contributed by atoms with Crippen molar-refractivity contribution in [3.8, 4) is 0 Å². The van der Waals surface area contributed by atoms with E-state index < -0.39 is 11.5 Å². The number of rotatable bonds is 4. The van der Waals surface area contributed by atoms with Crippen LogP contribution in [0.15, 0.2) is 41.0 Å². The van der Waals surface area contributed by atoms with E-state index in [0.29, 0.717) is 24.2 Å². The molecule has 2 aliphatic rings. The summed E-state index contributed by atoms with van der Waals surface area (Å²) in [4.78, 5) is 20.6. The third-order valence-electron chi connectivity index (χ3n) is 4.97. The minimum absolute atomic E-state index is 0.166. The fourth-order valence-electron chi connectivity index (χ4n) is 3.31. The van der Waals surface area contributed by atoms with E-state index in [4.69, 9.17) is 5.41 Å². The van der Waals surface area contributed by atoms with Crippen LogP contribution in [0.1, 0.15) is 18.4 Å². The van der Waals surface area contributed by atoms with E-state index in [1.807, 2.05) is 37.4 Å². The summed E-state index contributed by atoms with van der Waals surface area (Å²) in [6.45, 7) is 1.74. The Balaban J connectivity index is 1.84. The van der Waals surface area contributed by atoms with Crippen molar-refractivity contribution < 1.29 is 9.90 Å². The van der Waals surface area contributed by atoms with Crippen molar-refractivity contribution in [3.05, 3.63) is 41.6 Å². The lowest BCUT2D eigenvalue weighted by Crippen LogP contribution is -2.53. The van der Waals surface area contributed by atoms with Gasteiger partial charge in [0.1, 0.15) is 11.4 Å². The van der Waals surface area contributed by atoms with Gasteiger partial charge in [-0.2, -0.15) is 0 Å². The molecular weight excluding hydrogens is 330 g/mol. The van der Waals surface area contributed by atoms with Gasteiger partial charge in [-0.05, 0) is 25.5 Å². The number of nitrogens with one attached hydrogen (secondary N) is 2. The average Bonchev–Trinajstić information content (AvgIpc) is 2.65. The van der Waals surface area contributed by atoms with Crippen molar-refractivity contribution in [2.45, 2.75) is 18.4 Å². The van der Waals surface area contributed by atoms with Crippen LogP contribution < -0.4 is 5.32 Å². The predicted molar refractivity (Wildman–Crippen MR) is 102 cm³/mol. The Kier molecular flexibility index (Phi) is 5.20. The first-order valence-corrected chi connectivity index (χ1v) is 8.76. The number of nitrogens with zero attached hydrogens (tertiary/aromatic N) is 3. The maximum atomic E-state index is 12.7. The largest absolute Gasteiger partial charge is 0.388 e. The summed E-state index contributed by atoms with van der Waals surface area (Å²) in [6.07, 6.45) is 2.64. The molecule has 7 nitrogen and oxygen atoms in total. The zero-order valence-electron chi connectivity index (χ0n) is 15.2. The van der Waals surface area contributed by atoms with Crippen molar-refractivity contribution in [2.75, 3.05) is 33.7 Å². The van der Waals surface area contributed by atoms with Gasteiger partial charge in [-0.15, -0.1) is 0 Å². The molecule has 3 rings (SSSR count). The van der Waals surface area contributed by atoms with Crippen LogP contribution in [-0.4, -0.2) is 72.2 Å². The van der Waals surface area contributed by atoms with Crippen molar-refractivity contribution in [1.29, 1.82) is 5.41 Å². The molecule has 0 unspecified atom stereocenters. The highest BCUT2D eigenvalue weighted by molar-refractivity contribution is 6.47. The van der Waals surface area contributed by atoms with Crippen LogP contribution in [0.25, 0.3) is 5.70 Å². The summed E-state index contributed by atoms with van der Waals surface area (Å²) in [5, 5.41) is 22.1. The third kappa shape index (κ3) is 3.68. The zero-order valence-corrected chi connectivity index (χ0v) is 15.2. The van der Waals surface area contributed by atoms with Gasteiger partial charge >= 0.3 is 0 Å². The van der Waals surface area contributed by atoms with E-state index in [1.165, 1.54) is 11.2 Å². The highest BCUT2D eigenvalue weighted by Gasteiger charge is 2.37. The van der Waals surface area contributed by atoms with E-state index in [9.17, 15) is 9.90 Å². The minimum atomic E-state index is -0.930. The maximum absolute atomic E-state index is 12.7. The summed E-state index contributed by atoms with van der Waals surface area (Å²) >= 11 is 0. The molecule has 0 saturated carbocycles. The summed E-state index contributed by atoms with van der Waals surface area (Å²) in [5.74, 6) is -0.439. The number of β-amino-alcohol motifs (C(OH)–C–C–N with tert-alkyl or cyclic N) is 1. The van der Waals surface area contributed by atoms with Crippen LogP contribution in [0.4, 0.5) is 0 Å². The van der Waals surface area contributed by atoms with Crippen LogP contribution in [0, 0.1) is 5.41 Å². The number of amides is 1. The molecule has 1 aromatic carbocycles. The summed E-state index contributed by atoms with van der Waals surface area (Å²) in [7, 11) is 3.76. The van der Waals surface area contributed by atoms with Gasteiger partial charge in [-0.3, -0.25) is 15.1 Å². The Morgan fingerprint density at radius 1 is 1.31 bits per heavy atom. The summed E-state index contributed by atoms with van der Waals surface area (Å²) in [5.41, 5.74) is 0.716. The number of carbonyl (C=O) groups is 1. The number of aliphatic imine (C=N–C) groups is 1. The van der Waals surface area contributed by atoms with Crippen LogP contribution in [0.3, 0.4) is 0 Å². The Labute approximate surface area is 153 Å². The molecule has 0 atom stereocenters. The number of benzene rings is 1. The molecule has 1 aromatic rings. The minimum Gasteiger partial charge on any atom is -0.388 e. The second-order valence-electron chi connectivity index (χ2n) is 6.92. The lowest BCUT2D eigenvalue weighted by atomic mass is 9.91. The Bertz CT molecular complexity index is 748. The maximum Gasteiger partial charge on any atom is 0.279 e. The van der Waals surface area contributed by atoms with Gasteiger partial charge in [0.15, 0.2) is 0 Å². The standard InChI is InChI=1S/C19H25N5O2/c1-21-16(14-6-4-3-5-7-14)17-15(20)18(25)24(13-22-17)12-19(26)8-10-23(2)11-9-19/h3-7,13,20-21,26H,8-12H2,1-2H3/b17-16+,20-15?. The normalized spacial score (nSPS) is 22.5. The molecule has 0 aliphatic carbocycles. The van der Waals surface area contributed by atoms with E-state index in [-0.39, 0.29) is 12.3 Å². The second kappa shape index (κ2) is 7.39. The van der Waals surface area contributed by atoms with E-state index in [0.717, 1.165) is 18.7 Å². The molecule has 0 aromatic heterocycles. The molecule has 26 heavy (non-hydrogen) atoms. The van der Waals surface area contributed by atoms with Gasteiger partial charge in [-0.25, -0.2) is 4.99 Å². The second-order valence-corrected chi connectivity index (χ2v) is 6.92. The quantitative estimate of drug-likeness (QED) is 0.749. The van der Waals surface area contributed by atoms with Crippen LogP contribution >= 0.6 is 0 Å². The molecule has 1 saturated heterocycles. The molecule has 1 amide bonds. The first-order chi connectivity index (χ1) is 12.4. The lowest BCUT2D eigenvalue weighted by Gasteiger charge is -2.39. The lowest BCUT2D eigenvalue weighted by molar-refractivity contribution is -0.124. The van der Waals surface area contributed by atoms with E-state index in [2.05, 4.69) is 15.2 Å². The van der Waals surface area contributed by atoms with Crippen molar-refractivity contribution >= 4 is 23.7 Å². The van der Waals surface area contributed by atoms with E-state index >= 15 is 0 Å². The number of aliphatic hydroxyl groups is 1. The molecule has 138 valence electrons. The smallest absolute Gasteiger partial charge is 0.279 e. The Morgan fingerprint density at radius 3 is 2.58 bits per heavy atom. The molecular formula is C19H25N5O2. The first-order valence-electron chi connectivity index (χ1n) is 8.76. The first kappa shape index (κ1) is 18.3. The molecule has 2 aliphatic heterocycles. The monoisotopic (exact) mass is 355 g/mol. The van der Waals surface area contributed by atoms with Crippen LogP contribution in [-0.2, 0) is 4.79 Å². The van der Waals surface area contributed by atoms with Gasteiger partial charge in [0, 0.05) is 20.1 Å².